The molecular formula is C13H14BNO2. The van der Waals surface area contributed by atoms with Crippen LogP contribution >= 0.6 is 0 Å². The maximum absolute atomic E-state index is 9.16. The molecule has 0 aliphatic heterocycles. The molecule has 4 heteroatoms. The molecule has 17 heavy (non-hydrogen) atoms. The van der Waals surface area contributed by atoms with Gasteiger partial charge in [0, 0.05) is 0 Å². The first-order valence-electron chi connectivity index (χ1n) is 5.46. The first kappa shape index (κ1) is 11.7. The summed E-state index contributed by atoms with van der Waals surface area (Å²) in [6, 6.07) is 17.1. The Morgan fingerprint density at radius 3 is 2.24 bits per heavy atom. The fraction of sp³-hybridized carbons (Fsp3) is 0.0769. The summed E-state index contributed by atoms with van der Waals surface area (Å²) in [4.78, 5) is 0. The SMILES string of the molecule is NB(O)c1ccc(OCc2ccccc2)cc1. The molecule has 0 aliphatic rings. The molecule has 0 aliphatic carbocycles. The highest BCUT2D eigenvalue weighted by molar-refractivity contribution is 6.62. The van der Waals surface area contributed by atoms with Crippen LogP contribution in [0.1, 0.15) is 5.56 Å². The van der Waals surface area contributed by atoms with Gasteiger partial charge in [0.2, 0.25) is 0 Å². The Bertz CT molecular complexity index is 457. The van der Waals surface area contributed by atoms with Crippen molar-refractivity contribution in [2.24, 2.45) is 5.64 Å². The van der Waals surface area contributed by atoms with Crippen LogP contribution in [0.5, 0.6) is 5.75 Å². The Kier molecular flexibility index (Phi) is 3.80. The molecular weight excluding hydrogens is 213 g/mol. The van der Waals surface area contributed by atoms with E-state index in [2.05, 4.69) is 0 Å². The highest BCUT2D eigenvalue weighted by atomic mass is 16.5. The van der Waals surface area contributed by atoms with Crippen molar-refractivity contribution in [3.05, 3.63) is 60.2 Å². The zero-order valence-corrected chi connectivity index (χ0v) is 9.41. The Morgan fingerprint density at radius 2 is 1.65 bits per heavy atom. The van der Waals surface area contributed by atoms with E-state index in [0.29, 0.717) is 12.1 Å². The zero-order chi connectivity index (χ0) is 12.1. The first-order valence-corrected chi connectivity index (χ1v) is 5.46. The number of rotatable bonds is 4. The number of ether oxygens (including phenoxy) is 1. The van der Waals surface area contributed by atoms with E-state index in [1.54, 1.807) is 24.3 Å². The van der Waals surface area contributed by atoms with Crippen molar-refractivity contribution >= 4 is 12.5 Å². The van der Waals surface area contributed by atoms with Crippen LogP contribution in [0, 0.1) is 0 Å². The van der Waals surface area contributed by atoms with Gasteiger partial charge in [0.15, 0.2) is 0 Å². The Morgan fingerprint density at radius 1 is 1.00 bits per heavy atom. The van der Waals surface area contributed by atoms with E-state index in [-0.39, 0.29) is 0 Å². The predicted octanol–water partition coefficient (Wildman–Crippen LogP) is 0.912. The molecule has 0 unspecified atom stereocenters. The summed E-state index contributed by atoms with van der Waals surface area (Å²) in [6.45, 7) is 0.533. The lowest BCUT2D eigenvalue weighted by Gasteiger charge is -2.07. The summed E-state index contributed by atoms with van der Waals surface area (Å²) in [5, 5.41) is 9.16. The monoisotopic (exact) mass is 227 g/mol. The molecule has 0 fully saturated rings. The normalized spacial score (nSPS) is 10.0. The van der Waals surface area contributed by atoms with Gasteiger partial charge in [-0.25, -0.2) is 0 Å². The Labute approximate surface area is 101 Å². The molecule has 0 atom stereocenters. The molecule has 0 spiro atoms. The molecule has 86 valence electrons. The lowest BCUT2D eigenvalue weighted by Crippen LogP contribution is -2.39. The summed E-state index contributed by atoms with van der Waals surface area (Å²) >= 11 is 0. The van der Waals surface area contributed by atoms with Gasteiger partial charge in [-0.15, -0.1) is 0 Å². The summed E-state index contributed by atoms with van der Waals surface area (Å²) in [7, 11) is -0.932. The van der Waals surface area contributed by atoms with Gasteiger partial charge in [0.1, 0.15) is 12.4 Å². The highest BCUT2D eigenvalue weighted by Gasteiger charge is 2.07. The quantitative estimate of drug-likeness (QED) is 0.763. The van der Waals surface area contributed by atoms with Crippen molar-refractivity contribution in [2.45, 2.75) is 6.61 Å². The zero-order valence-electron chi connectivity index (χ0n) is 9.41. The molecule has 0 heterocycles. The second-order valence-electron chi connectivity index (χ2n) is 3.79. The maximum Gasteiger partial charge on any atom is 0.410 e. The van der Waals surface area contributed by atoms with Gasteiger partial charge in [-0.3, -0.25) is 0 Å². The molecule has 3 nitrogen and oxygen atoms in total. The molecule has 2 aromatic rings. The van der Waals surface area contributed by atoms with Crippen LogP contribution in [0.4, 0.5) is 0 Å². The minimum absolute atomic E-state index is 0.533. The Balaban J connectivity index is 1.96. The van der Waals surface area contributed by atoms with Crippen LogP contribution in [-0.2, 0) is 6.61 Å². The number of benzene rings is 2. The molecule has 0 radical (unpaired) electrons. The summed E-state index contributed by atoms with van der Waals surface area (Å²) in [5.41, 5.74) is 7.14. The third-order valence-electron chi connectivity index (χ3n) is 2.47. The summed E-state index contributed by atoms with van der Waals surface area (Å²) < 4.78 is 5.60. The van der Waals surface area contributed by atoms with E-state index >= 15 is 0 Å². The number of nitrogens with two attached hydrogens (primary N) is 1. The molecule has 0 saturated carbocycles. The molecule has 0 bridgehead atoms. The fourth-order valence-electron chi connectivity index (χ4n) is 1.50. The summed E-state index contributed by atoms with van der Waals surface area (Å²) in [6.07, 6.45) is 0. The van der Waals surface area contributed by atoms with Crippen molar-refractivity contribution in [2.75, 3.05) is 0 Å². The van der Waals surface area contributed by atoms with E-state index in [1.165, 1.54) is 0 Å². The number of hydrogen-bond acceptors (Lipinski definition) is 3. The van der Waals surface area contributed by atoms with Gasteiger partial charge in [-0.2, -0.15) is 0 Å². The highest BCUT2D eigenvalue weighted by Crippen LogP contribution is 2.10. The molecule has 3 N–H and O–H groups in total. The molecule has 2 rings (SSSR count). The van der Waals surface area contributed by atoms with E-state index in [4.69, 9.17) is 15.4 Å². The van der Waals surface area contributed by atoms with E-state index in [1.807, 2.05) is 30.3 Å². The third kappa shape index (κ3) is 3.34. The van der Waals surface area contributed by atoms with Gasteiger partial charge >= 0.3 is 7.05 Å². The van der Waals surface area contributed by atoms with Crippen LogP contribution in [0.25, 0.3) is 0 Å². The van der Waals surface area contributed by atoms with Gasteiger partial charge < -0.3 is 15.4 Å². The van der Waals surface area contributed by atoms with E-state index in [0.717, 1.165) is 11.3 Å². The molecule has 0 amide bonds. The standard InChI is InChI=1S/C13H14BNO2/c15-14(16)12-6-8-13(9-7-12)17-10-11-4-2-1-3-5-11/h1-9,16H,10,15H2. The average Bonchev–Trinajstić information content (AvgIpc) is 2.38. The summed E-state index contributed by atoms with van der Waals surface area (Å²) in [5.74, 6) is 0.762. The van der Waals surface area contributed by atoms with Crippen LogP contribution in [0.2, 0.25) is 0 Å². The van der Waals surface area contributed by atoms with Crippen molar-refractivity contribution in [1.29, 1.82) is 0 Å². The van der Waals surface area contributed by atoms with Crippen LogP contribution < -0.4 is 15.8 Å². The maximum atomic E-state index is 9.16. The lowest BCUT2D eigenvalue weighted by atomic mass is 9.76. The first-order chi connectivity index (χ1) is 8.25. The minimum Gasteiger partial charge on any atom is -0.489 e. The van der Waals surface area contributed by atoms with Crippen molar-refractivity contribution in [3.8, 4) is 5.75 Å². The van der Waals surface area contributed by atoms with Crippen molar-refractivity contribution in [3.63, 3.8) is 0 Å². The van der Waals surface area contributed by atoms with Crippen molar-refractivity contribution in [1.82, 2.24) is 0 Å². The van der Waals surface area contributed by atoms with Gasteiger partial charge in [0.25, 0.3) is 0 Å². The van der Waals surface area contributed by atoms with E-state index in [9.17, 15) is 0 Å². The molecule has 0 saturated heterocycles. The Hall–Kier alpha value is -1.78. The number of hydrogen-bond donors (Lipinski definition) is 2. The lowest BCUT2D eigenvalue weighted by molar-refractivity contribution is 0.306. The predicted molar refractivity (Wildman–Crippen MR) is 69.0 cm³/mol. The fourth-order valence-corrected chi connectivity index (χ4v) is 1.50. The van der Waals surface area contributed by atoms with Gasteiger partial charge in [0.05, 0.1) is 0 Å². The van der Waals surface area contributed by atoms with E-state index < -0.39 is 7.05 Å². The smallest absolute Gasteiger partial charge is 0.410 e. The second kappa shape index (κ2) is 5.52. The average molecular weight is 227 g/mol. The second-order valence-corrected chi connectivity index (χ2v) is 3.79. The largest absolute Gasteiger partial charge is 0.489 e. The molecule has 2 aromatic carbocycles. The van der Waals surface area contributed by atoms with Gasteiger partial charge in [-0.05, 0) is 23.2 Å². The van der Waals surface area contributed by atoms with Gasteiger partial charge in [-0.1, -0.05) is 42.5 Å². The van der Waals surface area contributed by atoms with Crippen molar-refractivity contribution < 1.29 is 9.76 Å². The van der Waals surface area contributed by atoms with Crippen LogP contribution in [0.15, 0.2) is 54.6 Å². The third-order valence-corrected chi connectivity index (χ3v) is 2.47. The topological polar surface area (TPSA) is 55.5 Å². The molecule has 0 aromatic heterocycles. The van der Waals surface area contributed by atoms with Crippen LogP contribution in [-0.4, -0.2) is 12.1 Å². The minimum atomic E-state index is -0.932. The van der Waals surface area contributed by atoms with Crippen LogP contribution in [0.3, 0.4) is 0 Å².